The first-order valence-electron chi connectivity index (χ1n) is 5.53. The highest BCUT2D eigenvalue weighted by Crippen LogP contribution is 2.09. The second-order valence-corrected chi connectivity index (χ2v) is 11.8. The summed E-state index contributed by atoms with van der Waals surface area (Å²) >= 11 is 0. The molecule has 2 rings (SSSR count). The molecule has 0 bridgehead atoms. The number of hydrogen-bond acceptors (Lipinski definition) is 6. The molecule has 0 N–H and O–H groups in total. The van der Waals surface area contributed by atoms with Crippen molar-refractivity contribution in [2.75, 3.05) is 19.8 Å². The molecule has 0 radical (unpaired) electrons. The SMILES string of the molecule is C(COCC1CO1)C[SiH]1O[SiH2]O[SiH2]O[SiH2]O1. The molecule has 2 fully saturated rings. The standard InChI is InChI=1S/C6H18O6Si4/c1(2-7-4-6-5-8-6)3-16-11-14-9-13-10-15-12-16/h6,16H,1-5,13-15H2. The lowest BCUT2D eigenvalue weighted by molar-refractivity contribution is 0.116. The first-order valence-corrected chi connectivity index (χ1v) is 10.8. The molecule has 1 atom stereocenters. The molecule has 10 heteroatoms. The van der Waals surface area contributed by atoms with Gasteiger partial charge in [0.25, 0.3) is 30.0 Å². The minimum Gasteiger partial charge on any atom is -0.425 e. The van der Waals surface area contributed by atoms with E-state index in [0.29, 0.717) is 6.10 Å². The molecule has 6 nitrogen and oxygen atoms in total. The van der Waals surface area contributed by atoms with E-state index in [1.807, 2.05) is 0 Å². The summed E-state index contributed by atoms with van der Waals surface area (Å²) in [6.45, 7) is 2.37. The van der Waals surface area contributed by atoms with Crippen molar-refractivity contribution in [1.29, 1.82) is 0 Å². The lowest BCUT2D eigenvalue weighted by Crippen LogP contribution is -2.33. The highest BCUT2D eigenvalue weighted by Gasteiger charge is 2.22. The summed E-state index contributed by atoms with van der Waals surface area (Å²) in [5.74, 6) is 0. The van der Waals surface area contributed by atoms with Gasteiger partial charge in [0.1, 0.15) is 6.10 Å². The molecular formula is C6H18O6Si4. The van der Waals surface area contributed by atoms with Crippen LogP contribution in [-0.2, 0) is 25.9 Å². The normalized spacial score (nSPS) is 35.2. The summed E-state index contributed by atoms with van der Waals surface area (Å²) in [4.78, 5) is 0. The van der Waals surface area contributed by atoms with Crippen LogP contribution in [0.25, 0.3) is 0 Å². The van der Waals surface area contributed by atoms with Crippen LogP contribution in [0.4, 0.5) is 0 Å². The Kier molecular flexibility index (Phi) is 6.42. The largest absolute Gasteiger partial charge is 0.425 e. The molecular weight excluding hydrogens is 280 g/mol. The third-order valence-electron chi connectivity index (χ3n) is 2.28. The number of rotatable bonds is 6. The van der Waals surface area contributed by atoms with Gasteiger partial charge >= 0.3 is 9.28 Å². The maximum Gasteiger partial charge on any atom is 0.303 e. The van der Waals surface area contributed by atoms with E-state index in [4.69, 9.17) is 25.9 Å². The molecule has 2 heterocycles. The molecule has 0 aromatic rings. The topological polar surface area (TPSA) is 58.7 Å². The van der Waals surface area contributed by atoms with Crippen LogP contribution in [0.3, 0.4) is 0 Å². The van der Waals surface area contributed by atoms with Gasteiger partial charge in [0.05, 0.1) is 13.2 Å². The molecule has 0 aromatic heterocycles. The Morgan fingerprint density at radius 1 is 1.19 bits per heavy atom. The van der Waals surface area contributed by atoms with Crippen LogP contribution in [0.15, 0.2) is 0 Å². The van der Waals surface area contributed by atoms with E-state index in [2.05, 4.69) is 0 Å². The Labute approximate surface area is 104 Å². The molecule has 2 aliphatic heterocycles. The van der Waals surface area contributed by atoms with Crippen molar-refractivity contribution in [3.05, 3.63) is 0 Å². The van der Waals surface area contributed by atoms with Gasteiger partial charge in [0.15, 0.2) is 0 Å². The van der Waals surface area contributed by atoms with Gasteiger partial charge in [-0.05, 0) is 12.5 Å². The Morgan fingerprint density at radius 2 is 1.94 bits per heavy atom. The van der Waals surface area contributed by atoms with Gasteiger partial charge in [-0.1, -0.05) is 0 Å². The van der Waals surface area contributed by atoms with Crippen LogP contribution >= 0.6 is 0 Å². The van der Waals surface area contributed by atoms with E-state index in [1.165, 1.54) is 0 Å². The van der Waals surface area contributed by atoms with E-state index >= 15 is 0 Å². The second kappa shape index (κ2) is 7.86. The number of epoxide rings is 1. The van der Waals surface area contributed by atoms with Crippen LogP contribution in [0.1, 0.15) is 6.42 Å². The average Bonchev–Trinajstić information content (AvgIpc) is 3.04. The Bertz CT molecular complexity index is 186. The smallest absolute Gasteiger partial charge is 0.303 e. The van der Waals surface area contributed by atoms with Crippen molar-refractivity contribution in [1.82, 2.24) is 0 Å². The van der Waals surface area contributed by atoms with Crippen LogP contribution in [0.5, 0.6) is 0 Å². The maximum atomic E-state index is 5.67. The second-order valence-electron chi connectivity index (χ2n) is 3.70. The van der Waals surface area contributed by atoms with Crippen molar-refractivity contribution in [2.24, 2.45) is 0 Å². The zero-order valence-corrected chi connectivity index (χ0v) is 14.7. The highest BCUT2D eigenvalue weighted by molar-refractivity contribution is 6.59. The molecule has 2 saturated heterocycles. The van der Waals surface area contributed by atoms with Crippen LogP contribution in [0, 0.1) is 0 Å². The zero-order chi connectivity index (χ0) is 11.1. The van der Waals surface area contributed by atoms with Gasteiger partial charge in [-0.15, -0.1) is 0 Å². The fraction of sp³-hybridized carbons (Fsp3) is 1.00. The van der Waals surface area contributed by atoms with Gasteiger partial charge in [-0.3, -0.25) is 0 Å². The van der Waals surface area contributed by atoms with Gasteiger partial charge in [0.2, 0.25) is 0 Å². The van der Waals surface area contributed by atoms with Gasteiger partial charge in [-0.2, -0.15) is 0 Å². The number of hydrogen-bond donors (Lipinski definition) is 0. The molecule has 1 unspecified atom stereocenters. The summed E-state index contributed by atoms with van der Waals surface area (Å²) < 4.78 is 32.5. The fourth-order valence-corrected chi connectivity index (χ4v) is 10.2. The highest BCUT2D eigenvalue weighted by atomic mass is 28.4. The van der Waals surface area contributed by atoms with Crippen molar-refractivity contribution >= 4 is 39.3 Å². The zero-order valence-electron chi connectivity index (χ0n) is 9.26. The van der Waals surface area contributed by atoms with Crippen molar-refractivity contribution in [2.45, 2.75) is 18.6 Å². The Hall–Kier alpha value is 0.628. The van der Waals surface area contributed by atoms with Gasteiger partial charge in [0, 0.05) is 6.61 Å². The first kappa shape index (κ1) is 13.1. The monoisotopic (exact) mass is 298 g/mol. The van der Waals surface area contributed by atoms with E-state index in [1.54, 1.807) is 0 Å². The van der Waals surface area contributed by atoms with E-state index in [9.17, 15) is 0 Å². The Balaban J connectivity index is 1.46. The quantitative estimate of drug-likeness (QED) is 0.298. The van der Waals surface area contributed by atoms with Crippen molar-refractivity contribution in [3.63, 3.8) is 0 Å². The van der Waals surface area contributed by atoms with Gasteiger partial charge in [-0.25, -0.2) is 0 Å². The predicted molar refractivity (Wildman–Crippen MR) is 67.1 cm³/mol. The van der Waals surface area contributed by atoms with Crippen LogP contribution < -0.4 is 0 Å². The lowest BCUT2D eigenvalue weighted by atomic mass is 10.5. The van der Waals surface area contributed by atoms with Crippen LogP contribution in [-0.4, -0.2) is 65.2 Å². The molecule has 2 aliphatic rings. The molecule has 0 aromatic carbocycles. The third-order valence-corrected chi connectivity index (χ3v) is 9.89. The van der Waals surface area contributed by atoms with E-state index < -0.39 is 39.3 Å². The summed E-state index contributed by atoms with van der Waals surface area (Å²) in [6.07, 6.45) is 1.36. The minimum absolute atomic E-state index is 0.359. The molecule has 0 aliphatic carbocycles. The summed E-state index contributed by atoms with van der Waals surface area (Å²) in [7, 11) is -3.82. The number of ether oxygens (including phenoxy) is 2. The molecule has 94 valence electrons. The molecule has 16 heavy (non-hydrogen) atoms. The molecule has 0 saturated carbocycles. The summed E-state index contributed by atoms with van der Waals surface area (Å²) in [5.41, 5.74) is 0. The van der Waals surface area contributed by atoms with Crippen LogP contribution in [0.2, 0.25) is 6.04 Å². The lowest BCUT2D eigenvalue weighted by Gasteiger charge is -2.20. The van der Waals surface area contributed by atoms with Gasteiger partial charge < -0.3 is 25.9 Å². The van der Waals surface area contributed by atoms with E-state index in [-0.39, 0.29) is 0 Å². The van der Waals surface area contributed by atoms with E-state index in [0.717, 1.165) is 32.3 Å². The first-order chi connectivity index (χ1) is 7.95. The van der Waals surface area contributed by atoms with Crippen molar-refractivity contribution in [3.8, 4) is 0 Å². The summed E-state index contributed by atoms with van der Waals surface area (Å²) in [6, 6.07) is 1.000. The average molecular weight is 299 g/mol. The van der Waals surface area contributed by atoms with Crippen molar-refractivity contribution < 1.29 is 25.9 Å². The maximum absolute atomic E-state index is 5.67. The third kappa shape index (κ3) is 5.81. The minimum atomic E-state index is -1.47. The molecule has 0 amide bonds. The Morgan fingerprint density at radius 3 is 2.62 bits per heavy atom. The predicted octanol–water partition coefficient (Wildman–Crippen LogP) is -2.91. The summed E-state index contributed by atoms with van der Waals surface area (Å²) in [5, 5.41) is 0. The fourth-order valence-electron chi connectivity index (χ4n) is 1.32. The molecule has 0 spiro atoms.